The fraction of sp³-hybridized carbons (Fsp3) is 0.778. The normalized spacial score (nSPS) is 26.3. The second-order valence-corrected chi connectivity index (χ2v) is 12.1. The lowest BCUT2D eigenvalue weighted by Crippen LogP contribution is -2.53. The second kappa shape index (κ2) is 13.5. The second-order valence-electron chi connectivity index (χ2n) is 11.0. The van der Waals surface area contributed by atoms with Crippen LogP contribution in [0.5, 0.6) is 0 Å². The van der Waals surface area contributed by atoms with Gasteiger partial charge in [0.2, 0.25) is 17.7 Å². The van der Waals surface area contributed by atoms with Crippen molar-refractivity contribution in [2.45, 2.75) is 113 Å². The van der Waals surface area contributed by atoms with Gasteiger partial charge in [0, 0.05) is 17.7 Å². The zero-order valence-corrected chi connectivity index (χ0v) is 22.5. The Kier molecular flexibility index (Phi) is 10.2. The highest BCUT2D eigenvalue weighted by molar-refractivity contribution is 7.98. The third-order valence-corrected chi connectivity index (χ3v) is 8.93. The molecule has 1 heterocycles. The fourth-order valence-electron chi connectivity index (χ4n) is 5.31. The van der Waals surface area contributed by atoms with Crippen LogP contribution in [-0.4, -0.2) is 58.7 Å². The van der Waals surface area contributed by atoms with Crippen LogP contribution in [0.1, 0.15) is 89.9 Å². The summed E-state index contributed by atoms with van der Waals surface area (Å²) < 4.78 is 8.51. The van der Waals surface area contributed by atoms with Gasteiger partial charge in [0.1, 0.15) is 18.2 Å². The van der Waals surface area contributed by atoms with Gasteiger partial charge in [-0.1, -0.05) is 25.0 Å². The van der Waals surface area contributed by atoms with E-state index >= 15 is 0 Å². The Labute approximate surface area is 224 Å². The molecule has 0 bridgehead atoms. The van der Waals surface area contributed by atoms with Crippen LogP contribution in [-0.2, 0) is 19.1 Å². The number of amides is 4. The molecule has 0 aromatic rings. The van der Waals surface area contributed by atoms with Crippen molar-refractivity contribution in [1.29, 1.82) is 0 Å². The first-order chi connectivity index (χ1) is 17.9. The van der Waals surface area contributed by atoms with Crippen molar-refractivity contribution in [3.05, 3.63) is 12.2 Å². The topological polar surface area (TPSA) is 131 Å². The van der Waals surface area contributed by atoms with Gasteiger partial charge >= 0.3 is 6.09 Å². The van der Waals surface area contributed by atoms with Crippen LogP contribution in [0.2, 0.25) is 0 Å². The molecule has 0 aromatic carbocycles. The molecule has 0 aromatic heterocycles. The van der Waals surface area contributed by atoms with Gasteiger partial charge in [-0.15, -0.1) is 0 Å². The summed E-state index contributed by atoms with van der Waals surface area (Å²) in [4.78, 5) is 51.2. The minimum Gasteiger partial charge on any atom is -0.446 e. The Balaban J connectivity index is 1.17. The highest BCUT2D eigenvalue weighted by atomic mass is 32.2. The van der Waals surface area contributed by atoms with E-state index in [-0.39, 0.29) is 23.8 Å². The van der Waals surface area contributed by atoms with Crippen molar-refractivity contribution in [2.75, 3.05) is 6.54 Å². The van der Waals surface area contributed by atoms with Gasteiger partial charge in [-0.3, -0.25) is 19.1 Å². The first-order valence-electron chi connectivity index (χ1n) is 14.1. The predicted molar refractivity (Wildman–Crippen MR) is 142 cm³/mol. The first kappa shape index (κ1) is 27.8. The van der Waals surface area contributed by atoms with Crippen LogP contribution in [0.4, 0.5) is 4.79 Å². The number of ether oxygens (including phenoxy) is 1. The van der Waals surface area contributed by atoms with Crippen LogP contribution in [0.15, 0.2) is 12.2 Å². The number of unbranched alkanes of at least 4 members (excludes halogenated alkanes) is 3. The van der Waals surface area contributed by atoms with E-state index in [4.69, 9.17) is 10.5 Å². The summed E-state index contributed by atoms with van der Waals surface area (Å²) in [6.07, 6.45) is 16.2. The van der Waals surface area contributed by atoms with Gasteiger partial charge in [0.05, 0.1) is 0 Å². The van der Waals surface area contributed by atoms with E-state index in [0.29, 0.717) is 30.6 Å². The number of hydrogen-bond donors (Lipinski definition) is 3. The summed E-state index contributed by atoms with van der Waals surface area (Å²) in [5.74, 6) is -0.100. The van der Waals surface area contributed by atoms with E-state index in [9.17, 15) is 19.2 Å². The highest BCUT2D eigenvalue weighted by Gasteiger charge is 2.41. The molecule has 1 saturated heterocycles. The van der Waals surface area contributed by atoms with Gasteiger partial charge in [0.25, 0.3) is 0 Å². The van der Waals surface area contributed by atoms with E-state index in [0.717, 1.165) is 64.2 Å². The number of hydrogen-bond acceptors (Lipinski definition) is 6. The lowest BCUT2D eigenvalue weighted by Gasteiger charge is -2.28. The molecule has 3 saturated carbocycles. The molecule has 4 rings (SSSR count). The monoisotopic (exact) mass is 534 g/mol. The van der Waals surface area contributed by atoms with Crippen LogP contribution in [0.25, 0.3) is 0 Å². The quantitative estimate of drug-likeness (QED) is 0.177. The number of nitrogens with one attached hydrogen (secondary N) is 2. The molecule has 0 radical (unpaired) electrons. The van der Waals surface area contributed by atoms with Crippen molar-refractivity contribution < 1.29 is 23.9 Å². The van der Waals surface area contributed by atoms with Crippen LogP contribution in [0, 0.1) is 11.8 Å². The molecule has 1 aliphatic heterocycles. The Morgan fingerprint density at radius 3 is 2.54 bits per heavy atom. The average molecular weight is 535 g/mol. The Hall–Kier alpha value is -2.23. The van der Waals surface area contributed by atoms with Crippen molar-refractivity contribution in [2.24, 2.45) is 17.6 Å². The number of alkyl carbamates (subject to hydrolysis) is 1. The summed E-state index contributed by atoms with van der Waals surface area (Å²) in [7, 11) is 0. The number of allylic oxidation sites excluding steroid dienone is 2. The highest BCUT2D eigenvalue weighted by Crippen LogP contribution is 2.41. The number of primary amides is 1. The molecule has 37 heavy (non-hydrogen) atoms. The summed E-state index contributed by atoms with van der Waals surface area (Å²) >= 11 is 1.58. The van der Waals surface area contributed by atoms with Crippen molar-refractivity contribution in [1.82, 2.24) is 14.9 Å². The molecule has 4 amide bonds. The summed E-state index contributed by atoms with van der Waals surface area (Å²) in [5, 5.41) is 3.41. The Morgan fingerprint density at radius 1 is 1.03 bits per heavy atom. The minimum absolute atomic E-state index is 0.0817. The molecule has 4 aliphatic rings. The zero-order chi connectivity index (χ0) is 26.2. The summed E-state index contributed by atoms with van der Waals surface area (Å²) in [6, 6.07) is -1.32. The van der Waals surface area contributed by atoms with Gasteiger partial charge in [0.15, 0.2) is 0 Å². The number of nitrogens with zero attached hydrogens (tertiary/aromatic N) is 1. The SMILES string of the molecule is NC(=O)[C@@H]1CCCN1C(=O)[C@H](CCCCC/C=C\[C@@H]1CC1C(=O)NSC1CC1)NC(=O)OC1CCCC1. The van der Waals surface area contributed by atoms with E-state index < -0.39 is 24.1 Å². The summed E-state index contributed by atoms with van der Waals surface area (Å²) in [5.41, 5.74) is 5.51. The van der Waals surface area contributed by atoms with Gasteiger partial charge in [-0.25, -0.2) is 4.79 Å². The minimum atomic E-state index is -0.719. The maximum absolute atomic E-state index is 13.3. The molecular formula is C27H42N4O5S. The van der Waals surface area contributed by atoms with E-state index in [1.54, 1.807) is 11.9 Å². The van der Waals surface area contributed by atoms with Crippen molar-refractivity contribution in [3.63, 3.8) is 0 Å². The van der Waals surface area contributed by atoms with Gasteiger partial charge in [-0.2, -0.15) is 0 Å². The molecule has 9 nitrogen and oxygen atoms in total. The van der Waals surface area contributed by atoms with Gasteiger partial charge in [-0.05, 0) is 94.9 Å². The lowest BCUT2D eigenvalue weighted by molar-refractivity contribution is -0.139. The number of carbonyl (C=O) groups excluding carboxylic acids is 4. The molecule has 3 aliphatic carbocycles. The van der Waals surface area contributed by atoms with Crippen molar-refractivity contribution >= 4 is 35.8 Å². The Bertz CT molecular complexity index is 858. The molecule has 4 atom stereocenters. The van der Waals surface area contributed by atoms with Crippen LogP contribution in [0.3, 0.4) is 0 Å². The summed E-state index contributed by atoms with van der Waals surface area (Å²) in [6.45, 7) is 0.479. The lowest BCUT2D eigenvalue weighted by atomic mass is 10.0. The number of rotatable bonds is 14. The third-order valence-electron chi connectivity index (χ3n) is 7.80. The molecule has 10 heteroatoms. The average Bonchev–Trinajstić information content (AvgIpc) is 3.74. The van der Waals surface area contributed by atoms with E-state index in [2.05, 4.69) is 22.2 Å². The fourth-order valence-corrected chi connectivity index (χ4v) is 6.11. The standard InChI is InChI=1S/C27H42N4O5S/c28-24(32)23-13-8-16-31(23)26(34)22(29-27(35)36-19-10-6-7-11-19)12-5-3-1-2-4-9-18-17-21(18)25(33)30-37-20-14-15-20/h4,9,18-23H,1-3,5-8,10-17H2,(H2,28,32)(H,29,35)(H,30,33)/b9-4-/t18-,21?,22+,23+/m1/s1. The molecule has 4 fully saturated rings. The zero-order valence-electron chi connectivity index (χ0n) is 21.7. The Morgan fingerprint density at radius 2 is 1.81 bits per heavy atom. The van der Waals surface area contributed by atoms with Crippen LogP contribution < -0.4 is 15.8 Å². The van der Waals surface area contributed by atoms with Gasteiger partial charge < -0.3 is 20.7 Å². The maximum atomic E-state index is 13.3. The van der Waals surface area contributed by atoms with E-state index in [1.807, 2.05) is 0 Å². The predicted octanol–water partition coefficient (Wildman–Crippen LogP) is 3.57. The van der Waals surface area contributed by atoms with Crippen LogP contribution >= 0.6 is 11.9 Å². The molecule has 1 unspecified atom stereocenters. The first-order valence-corrected chi connectivity index (χ1v) is 15.0. The maximum Gasteiger partial charge on any atom is 0.408 e. The van der Waals surface area contributed by atoms with Crippen molar-refractivity contribution in [3.8, 4) is 0 Å². The number of nitrogens with two attached hydrogens (primary N) is 1. The molecule has 206 valence electrons. The van der Waals surface area contributed by atoms with E-state index in [1.165, 1.54) is 17.7 Å². The third kappa shape index (κ3) is 8.65. The number of likely N-dealkylation sites (tertiary alicyclic amines) is 1. The molecular weight excluding hydrogens is 492 g/mol. The smallest absolute Gasteiger partial charge is 0.408 e. The largest absolute Gasteiger partial charge is 0.446 e. The molecule has 0 spiro atoms. The number of carbonyl (C=O) groups is 4. The molecule has 4 N–H and O–H groups in total.